The highest BCUT2D eigenvalue weighted by Crippen LogP contribution is 2.42. The Morgan fingerprint density at radius 1 is 1.38 bits per heavy atom. The van der Waals surface area contributed by atoms with E-state index in [0.717, 1.165) is 44.5 Å². The Morgan fingerprint density at radius 2 is 2.19 bits per heavy atom. The van der Waals surface area contributed by atoms with Crippen molar-refractivity contribution in [2.75, 3.05) is 30.8 Å². The third-order valence-corrected chi connectivity index (χ3v) is 5.07. The van der Waals surface area contributed by atoms with Gasteiger partial charge in [-0.1, -0.05) is 12.8 Å². The Labute approximate surface area is 124 Å². The molecule has 21 heavy (non-hydrogen) atoms. The number of fused-ring (bicyclic) bond motifs is 1. The summed E-state index contributed by atoms with van der Waals surface area (Å²) in [6.07, 6.45) is 4.97. The first-order valence-corrected chi connectivity index (χ1v) is 7.64. The van der Waals surface area contributed by atoms with Gasteiger partial charge in [0.15, 0.2) is 11.6 Å². The lowest BCUT2D eigenvalue weighted by molar-refractivity contribution is -0.0612. The molecule has 1 aliphatic carbocycles. The van der Waals surface area contributed by atoms with E-state index in [-0.39, 0.29) is 11.7 Å². The molecule has 1 saturated heterocycles. The Kier molecular flexibility index (Phi) is 3.69. The maximum Gasteiger partial charge on any atom is 0.167 e. The molecular weight excluding hydrogens is 271 g/mol. The molecule has 4 nitrogen and oxygen atoms in total. The lowest BCUT2D eigenvalue weighted by Gasteiger charge is -2.48. The fourth-order valence-corrected chi connectivity index (χ4v) is 3.78. The van der Waals surface area contributed by atoms with Crippen LogP contribution in [0.2, 0.25) is 0 Å². The van der Waals surface area contributed by atoms with Crippen LogP contribution in [0.5, 0.6) is 5.75 Å². The monoisotopic (exact) mass is 294 g/mol. The van der Waals surface area contributed by atoms with E-state index < -0.39 is 11.4 Å². The predicted octanol–water partition coefficient (Wildman–Crippen LogP) is 2.55. The first-order valence-electron chi connectivity index (χ1n) is 7.64. The highest BCUT2D eigenvalue weighted by atomic mass is 19.1. The van der Waals surface area contributed by atoms with Crippen molar-refractivity contribution in [3.05, 3.63) is 17.9 Å². The molecule has 1 aliphatic heterocycles. The average Bonchev–Trinajstić information content (AvgIpc) is 2.47. The molecule has 3 rings (SSSR count). The quantitative estimate of drug-likeness (QED) is 0.823. The second-order valence-corrected chi connectivity index (χ2v) is 6.29. The van der Waals surface area contributed by atoms with Crippen molar-refractivity contribution in [2.24, 2.45) is 5.92 Å². The minimum absolute atomic E-state index is 0.212. The zero-order valence-corrected chi connectivity index (χ0v) is 12.4. The number of hydrogen-bond donors (Lipinski definition) is 2. The van der Waals surface area contributed by atoms with E-state index in [1.165, 1.54) is 19.6 Å². The molecule has 0 bridgehead atoms. The van der Waals surface area contributed by atoms with Crippen LogP contribution in [0, 0.1) is 11.7 Å². The average molecular weight is 294 g/mol. The van der Waals surface area contributed by atoms with E-state index in [1.807, 2.05) is 0 Å². The highest BCUT2D eigenvalue weighted by molar-refractivity contribution is 5.70. The van der Waals surface area contributed by atoms with E-state index in [4.69, 9.17) is 10.5 Å². The molecule has 0 amide bonds. The molecule has 2 atom stereocenters. The lowest BCUT2D eigenvalue weighted by Crippen LogP contribution is -2.53. The lowest BCUT2D eigenvalue weighted by atomic mass is 9.71. The maximum absolute atomic E-state index is 13.7. The van der Waals surface area contributed by atoms with Gasteiger partial charge in [0.1, 0.15) is 0 Å². The smallest absolute Gasteiger partial charge is 0.167 e. The zero-order valence-electron chi connectivity index (χ0n) is 12.4. The van der Waals surface area contributed by atoms with Crippen molar-refractivity contribution < 1.29 is 14.2 Å². The molecule has 1 aromatic rings. The number of rotatable bonds is 2. The van der Waals surface area contributed by atoms with Gasteiger partial charge in [-0.25, -0.2) is 4.39 Å². The van der Waals surface area contributed by atoms with Crippen LogP contribution < -0.4 is 15.4 Å². The normalized spacial score (nSPS) is 29.1. The molecule has 1 saturated carbocycles. The summed E-state index contributed by atoms with van der Waals surface area (Å²) >= 11 is 0. The van der Waals surface area contributed by atoms with E-state index in [0.29, 0.717) is 5.69 Å². The largest absolute Gasteiger partial charge is 0.494 e. The van der Waals surface area contributed by atoms with Gasteiger partial charge in [-0.3, -0.25) is 0 Å². The minimum Gasteiger partial charge on any atom is -0.494 e. The van der Waals surface area contributed by atoms with Gasteiger partial charge in [0.2, 0.25) is 0 Å². The molecule has 116 valence electrons. The highest BCUT2D eigenvalue weighted by Gasteiger charge is 2.43. The number of nitrogens with zero attached hydrogens (tertiary/aromatic N) is 1. The van der Waals surface area contributed by atoms with Gasteiger partial charge >= 0.3 is 0 Å². The maximum atomic E-state index is 13.7. The number of hydrogen-bond acceptors (Lipinski definition) is 4. The number of nitrogen functional groups attached to an aromatic ring is 1. The van der Waals surface area contributed by atoms with Crippen molar-refractivity contribution in [3.8, 4) is 5.75 Å². The number of piperidine rings is 1. The van der Waals surface area contributed by atoms with Gasteiger partial charge in [-0.2, -0.15) is 0 Å². The fraction of sp³-hybridized carbons (Fsp3) is 0.625. The number of ether oxygens (including phenoxy) is 1. The van der Waals surface area contributed by atoms with Crippen molar-refractivity contribution in [1.29, 1.82) is 0 Å². The topological polar surface area (TPSA) is 58.7 Å². The van der Waals surface area contributed by atoms with Crippen molar-refractivity contribution >= 4 is 11.4 Å². The van der Waals surface area contributed by atoms with Gasteiger partial charge < -0.3 is 20.5 Å². The molecule has 2 unspecified atom stereocenters. The summed E-state index contributed by atoms with van der Waals surface area (Å²) in [5.41, 5.74) is 6.69. The molecule has 1 heterocycles. The second-order valence-electron chi connectivity index (χ2n) is 6.29. The number of benzene rings is 1. The Morgan fingerprint density at radius 3 is 2.95 bits per heavy atom. The van der Waals surface area contributed by atoms with Crippen molar-refractivity contribution in [1.82, 2.24) is 0 Å². The molecule has 2 aliphatic rings. The van der Waals surface area contributed by atoms with Crippen LogP contribution in [-0.2, 0) is 0 Å². The van der Waals surface area contributed by atoms with Crippen molar-refractivity contribution in [3.63, 3.8) is 0 Å². The predicted molar refractivity (Wildman–Crippen MR) is 81.1 cm³/mol. The summed E-state index contributed by atoms with van der Waals surface area (Å²) in [4.78, 5) is 2.15. The molecule has 0 aromatic heterocycles. The van der Waals surface area contributed by atoms with Crippen LogP contribution in [0.15, 0.2) is 12.1 Å². The third kappa shape index (κ3) is 2.55. The van der Waals surface area contributed by atoms with Gasteiger partial charge in [-0.05, 0) is 19.3 Å². The van der Waals surface area contributed by atoms with Gasteiger partial charge in [-0.15, -0.1) is 0 Å². The fourth-order valence-electron chi connectivity index (χ4n) is 3.78. The first kappa shape index (κ1) is 14.4. The van der Waals surface area contributed by atoms with Crippen LogP contribution in [0.3, 0.4) is 0 Å². The molecule has 1 aromatic carbocycles. The third-order valence-electron chi connectivity index (χ3n) is 5.07. The number of methoxy groups -OCH3 is 1. The van der Waals surface area contributed by atoms with Gasteiger partial charge in [0.05, 0.1) is 24.1 Å². The first-order chi connectivity index (χ1) is 10.0. The summed E-state index contributed by atoms with van der Waals surface area (Å²) in [7, 11) is 1.45. The molecule has 2 fully saturated rings. The van der Waals surface area contributed by atoms with Crippen molar-refractivity contribution in [2.45, 2.75) is 37.7 Å². The van der Waals surface area contributed by atoms with Gasteiger partial charge in [0.25, 0.3) is 0 Å². The zero-order chi connectivity index (χ0) is 15.0. The van der Waals surface area contributed by atoms with E-state index in [2.05, 4.69) is 4.90 Å². The van der Waals surface area contributed by atoms with Crippen LogP contribution >= 0.6 is 0 Å². The molecule has 3 N–H and O–H groups in total. The summed E-state index contributed by atoms with van der Waals surface area (Å²) in [6.45, 7) is 1.52. The summed E-state index contributed by atoms with van der Waals surface area (Å²) in [5.74, 6) is 0.0454. The standard InChI is InChI=1S/C16H23FN2O2/c1-21-15-9-14(13(18)8-12(15)17)19-7-6-16(20)5-3-2-4-11(16)10-19/h8-9,11,20H,2-7,10,18H2,1H3. The Hall–Kier alpha value is -1.49. The molecule has 0 radical (unpaired) electrons. The van der Waals surface area contributed by atoms with Gasteiger partial charge in [0, 0.05) is 31.1 Å². The van der Waals surface area contributed by atoms with Crippen LogP contribution in [-0.4, -0.2) is 30.9 Å². The number of nitrogens with two attached hydrogens (primary N) is 1. The summed E-state index contributed by atoms with van der Waals surface area (Å²) in [6, 6.07) is 2.98. The molecule has 5 heteroatoms. The van der Waals surface area contributed by atoms with E-state index >= 15 is 0 Å². The molecular formula is C16H23FN2O2. The van der Waals surface area contributed by atoms with Crippen LogP contribution in [0.25, 0.3) is 0 Å². The molecule has 0 spiro atoms. The van der Waals surface area contributed by atoms with Crippen LogP contribution in [0.1, 0.15) is 32.1 Å². The summed E-state index contributed by atoms with van der Waals surface area (Å²) in [5, 5.41) is 10.7. The van der Waals surface area contributed by atoms with E-state index in [9.17, 15) is 9.50 Å². The second kappa shape index (κ2) is 5.37. The Balaban J connectivity index is 1.85. The van der Waals surface area contributed by atoms with Crippen LogP contribution in [0.4, 0.5) is 15.8 Å². The van der Waals surface area contributed by atoms with E-state index in [1.54, 1.807) is 6.07 Å². The minimum atomic E-state index is -0.520. The summed E-state index contributed by atoms with van der Waals surface area (Å²) < 4.78 is 18.7. The number of anilines is 2. The SMILES string of the molecule is COc1cc(N2CCC3(O)CCCCC3C2)c(N)cc1F. The number of aliphatic hydroxyl groups is 1. The number of halogens is 1. The Bertz CT molecular complexity index is 537.